The minimum Gasteiger partial charge on any atom is -0.372 e. The summed E-state index contributed by atoms with van der Waals surface area (Å²) in [5.74, 6) is -0.226. The number of sulfonamides is 1. The number of carbonyl (C=O) groups excluding carboxylic acids is 1. The van der Waals surface area contributed by atoms with Gasteiger partial charge >= 0.3 is 0 Å². The van der Waals surface area contributed by atoms with E-state index < -0.39 is 10.0 Å². The second-order valence-corrected chi connectivity index (χ2v) is 9.64. The van der Waals surface area contributed by atoms with E-state index in [4.69, 9.17) is 0 Å². The van der Waals surface area contributed by atoms with Crippen LogP contribution in [0.5, 0.6) is 0 Å². The van der Waals surface area contributed by atoms with Crippen LogP contribution in [-0.4, -0.2) is 46.3 Å². The lowest BCUT2D eigenvalue weighted by Gasteiger charge is -2.25. The SMILES string of the molecule is CS(=O)(=O)N(CC(=O)NC1CCCCCC1)c1ccc(N2CCCC2)cc1. The van der Waals surface area contributed by atoms with Crippen molar-refractivity contribution in [3.05, 3.63) is 24.3 Å². The van der Waals surface area contributed by atoms with Crippen LogP contribution in [0.15, 0.2) is 24.3 Å². The molecular formula is C20H31N3O3S. The van der Waals surface area contributed by atoms with E-state index in [1.807, 2.05) is 12.1 Å². The van der Waals surface area contributed by atoms with Crippen LogP contribution < -0.4 is 14.5 Å². The first kappa shape index (κ1) is 20.0. The van der Waals surface area contributed by atoms with E-state index in [1.165, 1.54) is 30.0 Å². The predicted octanol–water partition coefficient (Wildman–Crippen LogP) is 2.89. The standard InChI is InChI=1S/C20H31N3O3S/c1-27(25,26)23(16-20(24)21-17-8-4-2-3-5-9-17)19-12-10-18(11-13-19)22-14-6-7-15-22/h10-13,17H,2-9,14-16H2,1H3,(H,21,24). The van der Waals surface area contributed by atoms with Crippen LogP contribution in [0.2, 0.25) is 0 Å². The van der Waals surface area contributed by atoms with Crippen molar-refractivity contribution in [1.29, 1.82) is 0 Å². The first-order valence-corrected chi connectivity index (χ1v) is 11.9. The van der Waals surface area contributed by atoms with E-state index in [2.05, 4.69) is 10.2 Å². The van der Waals surface area contributed by atoms with Gasteiger partial charge in [-0.05, 0) is 49.9 Å². The summed E-state index contributed by atoms with van der Waals surface area (Å²) in [6.07, 6.45) is 10.2. The van der Waals surface area contributed by atoms with Gasteiger partial charge in [-0.3, -0.25) is 9.10 Å². The molecule has 0 radical (unpaired) electrons. The van der Waals surface area contributed by atoms with Crippen molar-refractivity contribution < 1.29 is 13.2 Å². The number of carbonyl (C=O) groups is 1. The number of rotatable bonds is 6. The fraction of sp³-hybridized carbons (Fsp3) is 0.650. The van der Waals surface area contributed by atoms with Crippen molar-refractivity contribution in [3.63, 3.8) is 0 Å². The van der Waals surface area contributed by atoms with E-state index in [0.717, 1.165) is 50.7 Å². The minimum absolute atomic E-state index is 0.166. The van der Waals surface area contributed by atoms with Gasteiger partial charge in [0, 0.05) is 24.8 Å². The maximum Gasteiger partial charge on any atom is 0.240 e. The predicted molar refractivity (Wildman–Crippen MR) is 110 cm³/mol. The molecule has 2 aliphatic rings. The Balaban J connectivity index is 1.67. The zero-order valence-electron chi connectivity index (χ0n) is 16.2. The molecule has 3 rings (SSSR count). The van der Waals surface area contributed by atoms with Crippen LogP contribution in [0.25, 0.3) is 0 Å². The van der Waals surface area contributed by atoms with E-state index in [0.29, 0.717) is 5.69 Å². The van der Waals surface area contributed by atoms with Crippen LogP contribution in [0.1, 0.15) is 51.4 Å². The highest BCUT2D eigenvalue weighted by atomic mass is 32.2. The first-order valence-electron chi connectivity index (χ1n) is 10.1. The van der Waals surface area contributed by atoms with Crippen LogP contribution in [0, 0.1) is 0 Å². The van der Waals surface area contributed by atoms with Gasteiger partial charge in [0.1, 0.15) is 6.54 Å². The summed E-state index contributed by atoms with van der Waals surface area (Å²) < 4.78 is 25.8. The zero-order valence-corrected chi connectivity index (χ0v) is 17.0. The highest BCUT2D eigenvalue weighted by Gasteiger charge is 2.23. The van der Waals surface area contributed by atoms with E-state index in [9.17, 15) is 13.2 Å². The van der Waals surface area contributed by atoms with Gasteiger partial charge in [-0.15, -0.1) is 0 Å². The summed E-state index contributed by atoms with van der Waals surface area (Å²) in [4.78, 5) is 14.8. The number of amides is 1. The third kappa shape index (κ3) is 5.61. The molecule has 0 spiro atoms. The molecule has 1 saturated heterocycles. The van der Waals surface area contributed by atoms with Crippen molar-refractivity contribution in [3.8, 4) is 0 Å². The smallest absolute Gasteiger partial charge is 0.240 e. The maximum absolute atomic E-state index is 12.5. The fourth-order valence-corrected chi connectivity index (χ4v) is 4.89. The van der Waals surface area contributed by atoms with Gasteiger partial charge in [0.2, 0.25) is 15.9 Å². The van der Waals surface area contributed by atoms with Crippen LogP contribution in [0.4, 0.5) is 11.4 Å². The van der Waals surface area contributed by atoms with Crippen molar-refractivity contribution in [2.45, 2.75) is 57.4 Å². The Morgan fingerprint density at radius 1 is 1.04 bits per heavy atom. The van der Waals surface area contributed by atoms with Crippen molar-refractivity contribution in [2.75, 3.05) is 35.1 Å². The highest BCUT2D eigenvalue weighted by Crippen LogP contribution is 2.25. The van der Waals surface area contributed by atoms with Crippen LogP contribution in [0.3, 0.4) is 0 Å². The summed E-state index contributed by atoms with van der Waals surface area (Å²) in [5.41, 5.74) is 1.64. The van der Waals surface area contributed by atoms with E-state index >= 15 is 0 Å². The topological polar surface area (TPSA) is 69.7 Å². The third-order valence-corrected chi connectivity index (χ3v) is 6.66. The van der Waals surface area contributed by atoms with Gasteiger partial charge in [0.15, 0.2) is 0 Å². The molecule has 0 aromatic heterocycles. The van der Waals surface area contributed by atoms with Gasteiger partial charge in [0.05, 0.1) is 11.9 Å². The van der Waals surface area contributed by atoms with E-state index in [1.54, 1.807) is 12.1 Å². The molecule has 1 aromatic rings. The lowest BCUT2D eigenvalue weighted by Crippen LogP contribution is -2.44. The Kier molecular flexibility index (Phi) is 6.63. The Morgan fingerprint density at radius 2 is 1.63 bits per heavy atom. The number of nitrogens with zero attached hydrogens (tertiary/aromatic N) is 2. The van der Waals surface area contributed by atoms with Gasteiger partial charge in [0.25, 0.3) is 0 Å². The Bertz CT molecular complexity index is 719. The molecule has 0 atom stereocenters. The molecule has 1 N–H and O–H groups in total. The van der Waals surface area contributed by atoms with Crippen molar-refractivity contribution in [2.24, 2.45) is 0 Å². The lowest BCUT2D eigenvalue weighted by molar-refractivity contribution is -0.120. The lowest BCUT2D eigenvalue weighted by atomic mass is 10.1. The Hall–Kier alpha value is -1.76. The Morgan fingerprint density at radius 3 is 2.19 bits per heavy atom. The largest absolute Gasteiger partial charge is 0.372 e. The van der Waals surface area contributed by atoms with Gasteiger partial charge < -0.3 is 10.2 Å². The van der Waals surface area contributed by atoms with Crippen LogP contribution >= 0.6 is 0 Å². The van der Waals surface area contributed by atoms with Gasteiger partial charge in [-0.2, -0.15) is 0 Å². The summed E-state index contributed by atoms with van der Waals surface area (Å²) in [6, 6.07) is 7.66. The molecule has 1 saturated carbocycles. The molecule has 27 heavy (non-hydrogen) atoms. The molecule has 1 amide bonds. The maximum atomic E-state index is 12.5. The molecular weight excluding hydrogens is 362 g/mol. The molecule has 1 aliphatic carbocycles. The number of hydrogen-bond acceptors (Lipinski definition) is 4. The van der Waals surface area contributed by atoms with Crippen molar-refractivity contribution in [1.82, 2.24) is 5.32 Å². The van der Waals surface area contributed by atoms with Gasteiger partial charge in [-0.1, -0.05) is 25.7 Å². The highest BCUT2D eigenvalue weighted by molar-refractivity contribution is 7.92. The molecule has 7 heteroatoms. The summed E-state index contributed by atoms with van der Waals surface area (Å²) in [5, 5.41) is 3.03. The molecule has 150 valence electrons. The van der Waals surface area contributed by atoms with Crippen LogP contribution in [-0.2, 0) is 14.8 Å². The number of anilines is 2. The monoisotopic (exact) mass is 393 g/mol. The number of hydrogen-bond donors (Lipinski definition) is 1. The molecule has 0 bridgehead atoms. The first-order chi connectivity index (χ1) is 12.9. The average Bonchev–Trinajstić information content (AvgIpc) is 3.05. The zero-order chi connectivity index (χ0) is 19.3. The van der Waals surface area contributed by atoms with E-state index in [-0.39, 0.29) is 18.5 Å². The normalized spacial score (nSPS) is 18.9. The fourth-order valence-electron chi connectivity index (χ4n) is 4.03. The molecule has 0 unspecified atom stereocenters. The minimum atomic E-state index is -3.53. The molecule has 1 aliphatic heterocycles. The third-order valence-electron chi connectivity index (χ3n) is 5.52. The molecule has 1 aromatic carbocycles. The summed E-state index contributed by atoms with van der Waals surface area (Å²) in [6.45, 7) is 1.91. The van der Waals surface area contributed by atoms with Gasteiger partial charge in [-0.25, -0.2) is 8.42 Å². The number of nitrogens with one attached hydrogen (secondary N) is 1. The average molecular weight is 394 g/mol. The number of benzene rings is 1. The quantitative estimate of drug-likeness (QED) is 0.755. The molecule has 1 heterocycles. The van der Waals surface area contributed by atoms with Crippen molar-refractivity contribution >= 4 is 27.3 Å². The summed E-state index contributed by atoms with van der Waals surface area (Å²) in [7, 11) is -3.53. The summed E-state index contributed by atoms with van der Waals surface area (Å²) >= 11 is 0. The molecule has 2 fully saturated rings. The Labute approximate surface area is 163 Å². The second-order valence-electron chi connectivity index (χ2n) is 7.74. The second kappa shape index (κ2) is 8.95. The molecule has 6 nitrogen and oxygen atoms in total.